The standard InChI is InChI=1S/C15H19NO3Si/c1-20(2,3)15-9-5-8-12(15,16(17)18)10-6-4-7(11(10)15)14(9)13(6,8)19-14/h6-11H,4-5H2,1-3H3/t6-,7+,8+,9-,10-,11+,12+,13+,14+,15+/m0/s1. The van der Waals surface area contributed by atoms with Gasteiger partial charge in [-0.25, -0.2) is 0 Å². The number of hydrogen-bond donors (Lipinski definition) is 0. The van der Waals surface area contributed by atoms with Crippen molar-refractivity contribution < 1.29 is 9.66 Å². The lowest BCUT2D eigenvalue weighted by atomic mass is 9.53. The molecule has 1 heterocycles. The normalized spacial score (nSPS) is 78.3. The maximum atomic E-state index is 12.3. The van der Waals surface area contributed by atoms with Crippen LogP contribution in [0, 0.1) is 45.6 Å². The third-order valence-corrected chi connectivity index (χ3v) is 13.2. The van der Waals surface area contributed by atoms with Crippen molar-refractivity contribution in [3.63, 3.8) is 0 Å². The number of nitrogens with zero attached hydrogens (tertiary/aromatic N) is 1. The molecule has 8 fully saturated rings. The van der Waals surface area contributed by atoms with Crippen LogP contribution in [0.25, 0.3) is 0 Å². The van der Waals surface area contributed by atoms with Crippen LogP contribution in [0.2, 0.25) is 24.7 Å². The smallest absolute Gasteiger partial charge is 0.235 e. The molecular formula is C15H19NO3Si. The molecule has 5 heteroatoms. The summed E-state index contributed by atoms with van der Waals surface area (Å²) in [5, 5.41) is 12.4. The van der Waals surface area contributed by atoms with Crippen LogP contribution in [-0.4, -0.2) is 29.7 Å². The molecular weight excluding hydrogens is 270 g/mol. The highest BCUT2D eigenvalue weighted by molar-refractivity contribution is 6.80. The molecule has 7 saturated carbocycles. The van der Waals surface area contributed by atoms with Gasteiger partial charge in [0.15, 0.2) is 0 Å². The molecule has 1 aliphatic heterocycles. The van der Waals surface area contributed by atoms with Crippen LogP contribution >= 0.6 is 0 Å². The fourth-order valence-corrected chi connectivity index (χ4v) is 14.8. The van der Waals surface area contributed by atoms with E-state index in [2.05, 4.69) is 19.6 Å². The maximum Gasteiger partial charge on any atom is 0.235 e. The second-order valence-corrected chi connectivity index (χ2v) is 15.1. The van der Waals surface area contributed by atoms with Gasteiger partial charge in [-0.1, -0.05) is 19.6 Å². The van der Waals surface area contributed by atoms with E-state index in [0.29, 0.717) is 29.6 Å². The minimum absolute atomic E-state index is 0.0101. The second kappa shape index (κ2) is 2.00. The molecule has 106 valence electrons. The maximum absolute atomic E-state index is 12.3. The number of rotatable bonds is 2. The first-order valence-electron chi connectivity index (χ1n) is 8.19. The molecule has 1 saturated heterocycles. The fourth-order valence-electron chi connectivity index (χ4n) is 10.4. The van der Waals surface area contributed by atoms with Crippen molar-refractivity contribution in [2.45, 2.75) is 54.3 Å². The first-order valence-corrected chi connectivity index (χ1v) is 11.7. The fraction of sp³-hybridized carbons (Fsp3) is 1.00. The van der Waals surface area contributed by atoms with Gasteiger partial charge in [0, 0.05) is 27.7 Å². The van der Waals surface area contributed by atoms with Gasteiger partial charge in [0.1, 0.15) is 11.2 Å². The second-order valence-electron chi connectivity index (χ2n) is 9.73. The van der Waals surface area contributed by atoms with Gasteiger partial charge >= 0.3 is 0 Å². The molecule has 8 rings (SSSR count). The topological polar surface area (TPSA) is 55.7 Å². The Bertz CT molecular complexity index is 675. The van der Waals surface area contributed by atoms with E-state index >= 15 is 0 Å². The Balaban J connectivity index is 1.68. The largest absolute Gasteiger partial charge is 0.361 e. The van der Waals surface area contributed by atoms with Crippen molar-refractivity contribution >= 4 is 8.07 Å². The Labute approximate surface area is 118 Å². The van der Waals surface area contributed by atoms with Crippen LogP contribution in [0.1, 0.15) is 12.8 Å². The van der Waals surface area contributed by atoms with Crippen molar-refractivity contribution in [3.8, 4) is 0 Å². The summed E-state index contributed by atoms with van der Waals surface area (Å²) in [5.41, 5.74) is -0.390. The van der Waals surface area contributed by atoms with Gasteiger partial charge in [0.25, 0.3) is 0 Å². The van der Waals surface area contributed by atoms with Crippen LogP contribution in [0.3, 0.4) is 0 Å². The number of nitro groups is 1. The van der Waals surface area contributed by atoms with Gasteiger partial charge in [-0.3, -0.25) is 10.1 Å². The molecule has 0 unspecified atom stereocenters. The minimum Gasteiger partial charge on any atom is -0.361 e. The Hall–Kier alpha value is -0.423. The number of epoxide rings is 1. The first-order chi connectivity index (χ1) is 9.34. The molecule has 4 nitrogen and oxygen atoms in total. The summed E-state index contributed by atoms with van der Waals surface area (Å²) in [6, 6.07) is 0. The van der Waals surface area contributed by atoms with Crippen LogP contribution in [0.15, 0.2) is 0 Å². The molecule has 7 aliphatic carbocycles. The summed E-state index contributed by atoms with van der Waals surface area (Å²) in [6.45, 7) is 7.21. The van der Waals surface area contributed by atoms with E-state index in [1.807, 2.05) is 0 Å². The molecule has 0 N–H and O–H groups in total. The van der Waals surface area contributed by atoms with E-state index < -0.39 is 13.6 Å². The summed E-state index contributed by atoms with van der Waals surface area (Å²) < 4.78 is 6.49. The quantitative estimate of drug-likeness (QED) is 0.339. The Morgan fingerprint density at radius 2 is 1.75 bits per heavy atom. The van der Waals surface area contributed by atoms with E-state index in [4.69, 9.17) is 4.74 Å². The van der Waals surface area contributed by atoms with Gasteiger partial charge in [-0.05, 0) is 24.7 Å². The van der Waals surface area contributed by atoms with Gasteiger partial charge in [0.2, 0.25) is 5.54 Å². The molecule has 0 aromatic rings. The highest BCUT2D eigenvalue weighted by atomic mass is 28.3. The number of ether oxygens (including phenoxy) is 1. The minimum atomic E-state index is -1.61. The number of hydrogen-bond acceptors (Lipinski definition) is 3. The molecule has 8 aliphatic rings. The molecule has 2 spiro atoms. The zero-order chi connectivity index (χ0) is 13.7. The van der Waals surface area contributed by atoms with Crippen molar-refractivity contribution in [3.05, 3.63) is 10.1 Å². The average molecular weight is 289 g/mol. The predicted molar refractivity (Wildman–Crippen MR) is 72.5 cm³/mol. The lowest BCUT2D eigenvalue weighted by molar-refractivity contribution is -0.615. The molecule has 0 aromatic heterocycles. The highest BCUT2D eigenvalue weighted by Crippen LogP contribution is 3.08. The molecule has 0 radical (unpaired) electrons. The van der Waals surface area contributed by atoms with Gasteiger partial charge in [-0.2, -0.15) is 0 Å². The third-order valence-electron chi connectivity index (χ3n) is 9.60. The zero-order valence-electron chi connectivity index (χ0n) is 12.1. The summed E-state index contributed by atoms with van der Waals surface area (Å²) in [4.78, 5) is 12.5. The lowest BCUT2D eigenvalue weighted by Gasteiger charge is -2.63. The molecule has 20 heavy (non-hydrogen) atoms. The van der Waals surface area contributed by atoms with Gasteiger partial charge < -0.3 is 4.74 Å². The summed E-state index contributed by atoms with van der Waals surface area (Å²) in [6.07, 6.45) is 2.40. The Morgan fingerprint density at radius 1 is 1.10 bits per heavy atom. The SMILES string of the molecule is C[Si](C)(C)[C@@]12[C@H]3[C@@H]4[C@@H]5C[C@H]3[C@]36O[C@@]53[C@H](C[C@@H]61)[C@@]42[N+](=O)[O-]. The van der Waals surface area contributed by atoms with Crippen molar-refractivity contribution in [1.82, 2.24) is 0 Å². The van der Waals surface area contributed by atoms with Gasteiger partial charge in [0.05, 0.1) is 14.0 Å². The predicted octanol–water partition coefficient (Wildman–Crippen LogP) is 2.15. The monoisotopic (exact) mass is 289 g/mol. The van der Waals surface area contributed by atoms with E-state index in [-0.39, 0.29) is 27.1 Å². The van der Waals surface area contributed by atoms with Crippen molar-refractivity contribution in [1.29, 1.82) is 0 Å². The molecule has 0 amide bonds. The summed E-state index contributed by atoms with van der Waals surface area (Å²) in [7, 11) is -1.61. The highest BCUT2D eigenvalue weighted by Gasteiger charge is 3.17. The Kier molecular flexibility index (Phi) is 1.03. The zero-order valence-corrected chi connectivity index (χ0v) is 13.1. The van der Waals surface area contributed by atoms with E-state index in [1.165, 1.54) is 6.42 Å². The van der Waals surface area contributed by atoms with E-state index in [1.54, 1.807) is 0 Å². The lowest BCUT2D eigenvalue weighted by Crippen LogP contribution is -2.74. The third kappa shape index (κ3) is 0.442. The van der Waals surface area contributed by atoms with E-state index in [9.17, 15) is 10.1 Å². The average Bonchev–Trinajstić information content (AvgIpc) is 2.52. The first kappa shape index (κ1) is 10.3. The van der Waals surface area contributed by atoms with Crippen molar-refractivity contribution in [2.24, 2.45) is 35.5 Å². The van der Waals surface area contributed by atoms with E-state index in [0.717, 1.165) is 6.42 Å². The van der Waals surface area contributed by atoms with Crippen LogP contribution in [0.5, 0.6) is 0 Å². The van der Waals surface area contributed by atoms with Crippen LogP contribution in [0.4, 0.5) is 0 Å². The van der Waals surface area contributed by atoms with Crippen LogP contribution < -0.4 is 0 Å². The summed E-state index contributed by atoms with van der Waals surface area (Å²) >= 11 is 0. The Morgan fingerprint density at radius 3 is 2.40 bits per heavy atom. The molecule has 10 atom stereocenters. The summed E-state index contributed by atoms with van der Waals surface area (Å²) in [5.74, 6) is 3.15. The van der Waals surface area contributed by atoms with Crippen LogP contribution in [-0.2, 0) is 4.74 Å². The van der Waals surface area contributed by atoms with Crippen molar-refractivity contribution in [2.75, 3.05) is 0 Å². The molecule has 0 aromatic carbocycles. The van der Waals surface area contributed by atoms with Gasteiger partial charge in [-0.15, -0.1) is 0 Å². The molecule has 4 bridgehead atoms.